The molecule has 0 saturated heterocycles. The van der Waals surface area contributed by atoms with Gasteiger partial charge in [0, 0.05) is 6.04 Å². The third-order valence-electron chi connectivity index (χ3n) is 5.08. The van der Waals surface area contributed by atoms with Crippen molar-refractivity contribution in [1.82, 2.24) is 5.32 Å². The maximum absolute atomic E-state index is 3.74. The Labute approximate surface area is 131 Å². The van der Waals surface area contributed by atoms with Crippen LogP contribution in [0.3, 0.4) is 0 Å². The molecule has 118 valence electrons. The largest absolute Gasteiger partial charge is 0.314 e. The molecule has 0 amide bonds. The van der Waals surface area contributed by atoms with Crippen molar-refractivity contribution < 1.29 is 0 Å². The molecule has 0 aromatic heterocycles. The number of hydrogen-bond acceptors (Lipinski definition) is 1. The first-order chi connectivity index (χ1) is 10.2. The predicted molar refractivity (Wildman–Crippen MR) is 92.7 cm³/mol. The minimum absolute atomic E-state index is 0.752. The highest BCUT2D eigenvalue weighted by molar-refractivity contribution is 5.20. The number of benzene rings is 1. The van der Waals surface area contributed by atoms with E-state index < -0.39 is 0 Å². The molecule has 0 aliphatic heterocycles. The van der Waals surface area contributed by atoms with Crippen LogP contribution >= 0.6 is 0 Å². The van der Waals surface area contributed by atoms with Gasteiger partial charge in [-0.05, 0) is 55.5 Å². The van der Waals surface area contributed by atoms with Crippen LogP contribution in [-0.4, -0.2) is 12.6 Å². The van der Waals surface area contributed by atoms with E-state index in [1.54, 1.807) is 5.56 Å². The molecular weight excluding hydrogens is 254 g/mol. The average molecular weight is 287 g/mol. The van der Waals surface area contributed by atoms with Crippen LogP contribution in [0.2, 0.25) is 0 Å². The van der Waals surface area contributed by atoms with Crippen LogP contribution in [0.1, 0.15) is 70.8 Å². The summed E-state index contributed by atoms with van der Waals surface area (Å²) in [4.78, 5) is 0. The molecule has 3 unspecified atom stereocenters. The summed E-state index contributed by atoms with van der Waals surface area (Å²) in [6, 6.07) is 11.9. The van der Waals surface area contributed by atoms with E-state index in [1.807, 2.05) is 0 Å². The fourth-order valence-electron chi connectivity index (χ4n) is 3.93. The first-order valence-corrected chi connectivity index (χ1v) is 8.99. The van der Waals surface area contributed by atoms with Crippen LogP contribution in [0.25, 0.3) is 0 Å². The molecule has 1 N–H and O–H groups in total. The van der Waals surface area contributed by atoms with E-state index in [9.17, 15) is 0 Å². The molecule has 0 bridgehead atoms. The Kier molecular flexibility index (Phi) is 6.76. The summed E-state index contributed by atoms with van der Waals surface area (Å²) >= 11 is 0. The summed E-state index contributed by atoms with van der Waals surface area (Å²) in [7, 11) is 0. The summed E-state index contributed by atoms with van der Waals surface area (Å²) in [6.45, 7) is 8.04. The van der Waals surface area contributed by atoms with Gasteiger partial charge < -0.3 is 5.32 Å². The summed E-state index contributed by atoms with van der Waals surface area (Å²) in [5.74, 6) is 2.49. The smallest absolute Gasteiger partial charge is 0.00956 e. The molecule has 0 spiro atoms. The van der Waals surface area contributed by atoms with Crippen molar-refractivity contribution in [2.24, 2.45) is 11.8 Å². The van der Waals surface area contributed by atoms with Crippen LogP contribution in [0.5, 0.6) is 0 Å². The van der Waals surface area contributed by atoms with Crippen molar-refractivity contribution in [3.05, 3.63) is 35.9 Å². The second-order valence-corrected chi connectivity index (χ2v) is 7.17. The lowest BCUT2D eigenvalue weighted by atomic mass is 9.73. The summed E-state index contributed by atoms with van der Waals surface area (Å²) in [5, 5.41) is 3.74. The number of hydrogen-bond donors (Lipinski definition) is 1. The molecule has 1 aliphatic rings. The second-order valence-electron chi connectivity index (χ2n) is 7.17. The van der Waals surface area contributed by atoms with Gasteiger partial charge in [-0.15, -0.1) is 0 Å². The normalized spacial score (nSPS) is 26.2. The Balaban J connectivity index is 1.94. The Morgan fingerprint density at radius 2 is 1.90 bits per heavy atom. The number of nitrogens with one attached hydrogen (secondary N) is 1. The lowest BCUT2D eigenvalue weighted by Crippen LogP contribution is -2.40. The molecule has 21 heavy (non-hydrogen) atoms. The van der Waals surface area contributed by atoms with E-state index in [-0.39, 0.29) is 0 Å². The van der Waals surface area contributed by atoms with Gasteiger partial charge in [0.15, 0.2) is 0 Å². The fraction of sp³-hybridized carbons (Fsp3) is 0.700. The molecule has 0 radical (unpaired) electrons. The molecule has 1 aromatic carbocycles. The van der Waals surface area contributed by atoms with Crippen LogP contribution < -0.4 is 5.32 Å². The molecule has 1 aliphatic carbocycles. The van der Waals surface area contributed by atoms with E-state index in [0.717, 1.165) is 30.3 Å². The van der Waals surface area contributed by atoms with E-state index in [4.69, 9.17) is 0 Å². The Hall–Kier alpha value is -0.820. The fourth-order valence-corrected chi connectivity index (χ4v) is 3.93. The Morgan fingerprint density at radius 1 is 1.14 bits per heavy atom. The molecule has 1 fully saturated rings. The first kappa shape index (κ1) is 16.5. The molecule has 3 atom stereocenters. The van der Waals surface area contributed by atoms with E-state index in [2.05, 4.69) is 56.4 Å². The SMILES string of the molecule is CCNC1CCC(c2ccccc2)CC1CCCC(C)C. The highest BCUT2D eigenvalue weighted by Gasteiger charge is 2.30. The van der Waals surface area contributed by atoms with Gasteiger partial charge in [0.05, 0.1) is 0 Å². The third kappa shape index (κ3) is 5.14. The van der Waals surface area contributed by atoms with Gasteiger partial charge in [-0.2, -0.15) is 0 Å². The van der Waals surface area contributed by atoms with Crippen molar-refractivity contribution in [1.29, 1.82) is 0 Å². The second kappa shape index (κ2) is 8.58. The number of rotatable bonds is 7. The molecule has 1 heteroatoms. The van der Waals surface area contributed by atoms with Crippen LogP contribution in [0.15, 0.2) is 30.3 Å². The van der Waals surface area contributed by atoms with E-state index >= 15 is 0 Å². The molecule has 1 aromatic rings. The van der Waals surface area contributed by atoms with Crippen molar-refractivity contribution >= 4 is 0 Å². The quantitative estimate of drug-likeness (QED) is 0.710. The molecule has 2 rings (SSSR count). The average Bonchev–Trinajstić information content (AvgIpc) is 2.49. The molecule has 1 nitrogen and oxygen atoms in total. The lowest BCUT2D eigenvalue weighted by Gasteiger charge is -2.37. The monoisotopic (exact) mass is 287 g/mol. The van der Waals surface area contributed by atoms with E-state index in [1.165, 1.54) is 38.5 Å². The van der Waals surface area contributed by atoms with Gasteiger partial charge in [0.1, 0.15) is 0 Å². The van der Waals surface area contributed by atoms with Gasteiger partial charge in [0.2, 0.25) is 0 Å². The van der Waals surface area contributed by atoms with Crippen LogP contribution in [0, 0.1) is 11.8 Å². The summed E-state index contributed by atoms with van der Waals surface area (Å²) in [5.41, 5.74) is 1.56. The molecular formula is C20H33N. The maximum atomic E-state index is 3.74. The van der Waals surface area contributed by atoms with Crippen LogP contribution in [0.4, 0.5) is 0 Å². The standard InChI is InChI=1S/C20H33N/c1-4-21-20-14-13-18(17-10-6-5-7-11-17)15-19(20)12-8-9-16(2)3/h5-7,10-11,16,18-21H,4,8-9,12-15H2,1-3H3. The zero-order valence-corrected chi connectivity index (χ0v) is 14.1. The van der Waals surface area contributed by atoms with Crippen molar-refractivity contribution in [3.63, 3.8) is 0 Å². The zero-order valence-electron chi connectivity index (χ0n) is 14.1. The van der Waals surface area contributed by atoms with Gasteiger partial charge in [-0.25, -0.2) is 0 Å². The summed E-state index contributed by atoms with van der Waals surface area (Å²) in [6.07, 6.45) is 8.25. The van der Waals surface area contributed by atoms with Crippen LogP contribution in [-0.2, 0) is 0 Å². The highest BCUT2D eigenvalue weighted by atomic mass is 14.9. The zero-order chi connectivity index (χ0) is 15.1. The van der Waals surface area contributed by atoms with E-state index in [0.29, 0.717) is 0 Å². The van der Waals surface area contributed by atoms with Gasteiger partial charge in [-0.3, -0.25) is 0 Å². The highest BCUT2D eigenvalue weighted by Crippen LogP contribution is 2.38. The Bertz CT molecular complexity index is 384. The van der Waals surface area contributed by atoms with Gasteiger partial charge in [0.25, 0.3) is 0 Å². The molecule has 0 heterocycles. The third-order valence-corrected chi connectivity index (χ3v) is 5.08. The van der Waals surface area contributed by atoms with Crippen molar-refractivity contribution in [3.8, 4) is 0 Å². The van der Waals surface area contributed by atoms with Crippen molar-refractivity contribution in [2.45, 2.75) is 71.3 Å². The topological polar surface area (TPSA) is 12.0 Å². The van der Waals surface area contributed by atoms with Gasteiger partial charge >= 0.3 is 0 Å². The summed E-state index contributed by atoms with van der Waals surface area (Å²) < 4.78 is 0. The Morgan fingerprint density at radius 3 is 2.57 bits per heavy atom. The maximum Gasteiger partial charge on any atom is 0.00956 e. The van der Waals surface area contributed by atoms with Gasteiger partial charge in [-0.1, -0.05) is 63.9 Å². The lowest BCUT2D eigenvalue weighted by molar-refractivity contribution is 0.223. The van der Waals surface area contributed by atoms with Crippen molar-refractivity contribution in [2.75, 3.05) is 6.54 Å². The first-order valence-electron chi connectivity index (χ1n) is 8.99. The minimum Gasteiger partial charge on any atom is -0.314 e. The predicted octanol–water partition coefficient (Wildman–Crippen LogP) is 5.37. The minimum atomic E-state index is 0.752. The molecule has 1 saturated carbocycles.